The predicted molar refractivity (Wildman–Crippen MR) is 133 cm³/mol. The summed E-state index contributed by atoms with van der Waals surface area (Å²) < 4.78 is 29.0. The van der Waals surface area contributed by atoms with Gasteiger partial charge in [0.15, 0.2) is 5.84 Å². The average molecular weight is 496 g/mol. The van der Waals surface area contributed by atoms with E-state index in [2.05, 4.69) is 19.9 Å². The van der Waals surface area contributed by atoms with Gasteiger partial charge in [0, 0.05) is 36.9 Å². The lowest BCUT2D eigenvalue weighted by atomic mass is 10.0. The van der Waals surface area contributed by atoms with Crippen LogP contribution in [0.1, 0.15) is 31.2 Å². The second kappa shape index (κ2) is 9.79. The number of hydrogen-bond acceptors (Lipinski definition) is 6. The molecule has 35 heavy (non-hydrogen) atoms. The minimum Gasteiger partial charge on any atom is -0.351 e. The molecule has 3 aliphatic heterocycles. The maximum Gasteiger partial charge on any atom is 0.285 e. The maximum atomic E-state index is 13.2. The molecule has 2 amide bonds. The number of rotatable bonds is 5. The zero-order chi connectivity index (χ0) is 24.4. The second-order valence-corrected chi connectivity index (χ2v) is 10.8. The summed E-state index contributed by atoms with van der Waals surface area (Å²) in [5.74, 6) is 0.234. The molecule has 9 nitrogen and oxygen atoms in total. The van der Waals surface area contributed by atoms with Crippen molar-refractivity contribution in [3.05, 3.63) is 60.2 Å². The summed E-state index contributed by atoms with van der Waals surface area (Å²) in [6.45, 7) is 2.36. The van der Waals surface area contributed by atoms with Crippen molar-refractivity contribution >= 4 is 33.4 Å². The molecule has 184 valence electrons. The minimum atomic E-state index is -3.73. The van der Waals surface area contributed by atoms with Gasteiger partial charge in [-0.05, 0) is 49.9 Å². The molecule has 10 heteroatoms. The number of piperidine rings is 1. The number of likely N-dealkylation sites (tertiary alicyclic amines) is 2. The molecule has 3 aliphatic rings. The highest BCUT2D eigenvalue weighted by Crippen LogP contribution is 2.31. The Hall–Kier alpha value is -3.24. The quantitative estimate of drug-likeness (QED) is 0.655. The Morgan fingerprint density at radius 3 is 2.43 bits per heavy atom. The zero-order valence-corrected chi connectivity index (χ0v) is 20.2. The lowest BCUT2D eigenvalue weighted by molar-refractivity contribution is -0.125. The van der Waals surface area contributed by atoms with E-state index in [1.165, 1.54) is 0 Å². The normalized spacial score (nSPS) is 21.9. The Balaban J connectivity index is 1.15. The van der Waals surface area contributed by atoms with Crippen LogP contribution < -0.4 is 10.6 Å². The van der Waals surface area contributed by atoms with Gasteiger partial charge in [0.2, 0.25) is 11.8 Å². The van der Waals surface area contributed by atoms with Crippen LogP contribution in [-0.2, 0) is 19.6 Å². The molecule has 2 aromatic rings. The van der Waals surface area contributed by atoms with Crippen LogP contribution in [0.25, 0.3) is 0 Å². The first-order valence-electron chi connectivity index (χ1n) is 12.0. The van der Waals surface area contributed by atoms with E-state index in [-0.39, 0.29) is 22.8 Å². The highest BCUT2D eigenvalue weighted by atomic mass is 32.2. The molecule has 0 radical (unpaired) electrons. The predicted octanol–water partition coefficient (Wildman–Crippen LogP) is 1.82. The van der Waals surface area contributed by atoms with Crippen molar-refractivity contribution in [2.75, 3.05) is 31.5 Å². The molecule has 2 saturated heterocycles. The lowest BCUT2D eigenvalue weighted by Crippen LogP contribution is -2.52. The summed E-state index contributed by atoms with van der Waals surface area (Å²) in [4.78, 5) is 29.6. The molecule has 0 aromatic heterocycles. The van der Waals surface area contributed by atoms with Gasteiger partial charge < -0.3 is 15.5 Å². The standard InChI is InChI=1S/C25H29N5O4S/c31-23(26-18-7-2-1-3-8-18)17-29-15-12-19(13-16-29)27-25(32)21-10-6-14-30(21)24-20-9-4-5-11-22(20)35(33,34)28-24/h1-5,7-9,11,19,21H,6,10,12-17H2,(H,26,31)(H,27,32)/t21-/m0/s1. The third-order valence-electron chi connectivity index (χ3n) is 6.80. The van der Waals surface area contributed by atoms with Gasteiger partial charge in [0.1, 0.15) is 10.9 Å². The average Bonchev–Trinajstić information content (AvgIpc) is 3.44. The van der Waals surface area contributed by atoms with E-state index < -0.39 is 16.1 Å². The first-order chi connectivity index (χ1) is 16.9. The molecular weight excluding hydrogens is 466 g/mol. The third kappa shape index (κ3) is 5.08. The first kappa shape index (κ1) is 23.5. The van der Waals surface area contributed by atoms with Crippen molar-refractivity contribution in [2.24, 2.45) is 4.40 Å². The smallest absolute Gasteiger partial charge is 0.285 e. The van der Waals surface area contributed by atoms with Crippen molar-refractivity contribution in [1.82, 2.24) is 15.1 Å². The Labute approximate surface area is 205 Å². The van der Waals surface area contributed by atoms with E-state index in [1.807, 2.05) is 35.2 Å². The topological polar surface area (TPSA) is 111 Å². The van der Waals surface area contributed by atoms with Crippen LogP contribution in [0.3, 0.4) is 0 Å². The first-order valence-corrected chi connectivity index (χ1v) is 13.4. The summed E-state index contributed by atoms with van der Waals surface area (Å²) >= 11 is 0. The third-order valence-corrected chi connectivity index (χ3v) is 8.12. The van der Waals surface area contributed by atoms with Crippen molar-refractivity contribution in [2.45, 2.75) is 42.7 Å². The molecule has 0 unspecified atom stereocenters. The van der Waals surface area contributed by atoms with Crippen LogP contribution in [0.15, 0.2) is 63.9 Å². The lowest BCUT2D eigenvalue weighted by Gasteiger charge is -2.33. The van der Waals surface area contributed by atoms with E-state index in [0.717, 1.165) is 38.0 Å². The summed E-state index contributed by atoms with van der Waals surface area (Å²) in [5.41, 5.74) is 1.34. The molecule has 0 aliphatic carbocycles. The summed E-state index contributed by atoms with van der Waals surface area (Å²) in [6, 6.07) is 15.7. The maximum absolute atomic E-state index is 13.2. The van der Waals surface area contributed by atoms with Gasteiger partial charge in [-0.1, -0.05) is 30.3 Å². The number of para-hydroxylation sites is 1. The molecule has 1 atom stereocenters. The highest BCUT2D eigenvalue weighted by Gasteiger charge is 2.39. The van der Waals surface area contributed by atoms with Crippen molar-refractivity contribution < 1.29 is 18.0 Å². The Kier molecular flexibility index (Phi) is 6.57. The number of anilines is 1. The van der Waals surface area contributed by atoms with E-state index in [1.54, 1.807) is 24.3 Å². The van der Waals surface area contributed by atoms with E-state index in [9.17, 15) is 18.0 Å². The van der Waals surface area contributed by atoms with Crippen molar-refractivity contribution in [3.8, 4) is 0 Å². The number of amides is 2. The number of carbonyl (C=O) groups excluding carboxylic acids is 2. The molecule has 3 heterocycles. The number of amidine groups is 1. The largest absolute Gasteiger partial charge is 0.351 e. The highest BCUT2D eigenvalue weighted by molar-refractivity contribution is 7.90. The number of fused-ring (bicyclic) bond motifs is 1. The number of hydrogen-bond donors (Lipinski definition) is 2. The van der Waals surface area contributed by atoms with E-state index in [4.69, 9.17) is 0 Å². The molecule has 5 rings (SSSR count). The fourth-order valence-electron chi connectivity index (χ4n) is 5.05. The summed E-state index contributed by atoms with van der Waals surface area (Å²) in [6.07, 6.45) is 2.98. The fourth-order valence-corrected chi connectivity index (χ4v) is 6.26. The molecule has 0 bridgehead atoms. The fraction of sp³-hybridized carbons (Fsp3) is 0.400. The second-order valence-electron chi connectivity index (χ2n) is 9.21. The molecule has 0 saturated carbocycles. The number of nitrogens with one attached hydrogen (secondary N) is 2. The molecule has 2 aromatic carbocycles. The van der Waals surface area contributed by atoms with Gasteiger partial charge in [0.05, 0.1) is 6.54 Å². The Morgan fingerprint density at radius 2 is 1.66 bits per heavy atom. The zero-order valence-electron chi connectivity index (χ0n) is 19.4. The molecule has 2 N–H and O–H groups in total. The SMILES string of the molecule is O=C(CN1CCC(NC(=O)[C@@H]2CCCN2C2=NS(=O)(=O)c3ccccc32)CC1)Nc1ccccc1. The van der Waals surface area contributed by atoms with E-state index in [0.29, 0.717) is 30.9 Å². The van der Waals surface area contributed by atoms with E-state index >= 15 is 0 Å². The van der Waals surface area contributed by atoms with Gasteiger partial charge in [-0.15, -0.1) is 4.40 Å². The number of sulfonamides is 1. The number of carbonyl (C=O) groups is 2. The summed E-state index contributed by atoms with van der Waals surface area (Å²) in [5, 5.41) is 6.06. The van der Waals surface area contributed by atoms with Crippen LogP contribution in [-0.4, -0.2) is 74.1 Å². The van der Waals surface area contributed by atoms with Gasteiger partial charge in [0.25, 0.3) is 10.0 Å². The van der Waals surface area contributed by atoms with Crippen LogP contribution in [0.5, 0.6) is 0 Å². The van der Waals surface area contributed by atoms with Crippen LogP contribution >= 0.6 is 0 Å². The summed E-state index contributed by atoms with van der Waals surface area (Å²) in [7, 11) is -3.73. The van der Waals surface area contributed by atoms with Crippen molar-refractivity contribution in [3.63, 3.8) is 0 Å². The van der Waals surface area contributed by atoms with Gasteiger partial charge in [-0.3, -0.25) is 14.5 Å². The van der Waals surface area contributed by atoms with Gasteiger partial charge in [-0.2, -0.15) is 8.42 Å². The Bertz CT molecular complexity index is 1240. The number of nitrogens with zero attached hydrogens (tertiary/aromatic N) is 3. The Morgan fingerprint density at radius 1 is 0.943 bits per heavy atom. The van der Waals surface area contributed by atoms with Crippen LogP contribution in [0.2, 0.25) is 0 Å². The molecular formula is C25H29N5O4S. The van der Waals surface area contributed by atoms with Crippen LogP contribution in [0.4, 0.5) is 5.69 Å². The number of benzene rings is 2. The van der Waals surface area contributed by atoms with Crippen molar-refractivity contribution in [1.29, 1.82) is 0 Å². The van der Waals surface area contributed by atoms with Gasteiger partial charge >= 0.3 is 0 Å². The van der Waals surface area contributed by atoms with Crippen LogP contribution in [0, 0.1) is 0 Å². The molecule has 0 spiro atoms. The molecule has 2 fully saturated rings. The monoisotopic (exact) mass is 495 g/mol. The minimum absolute atomic E-state index is 0.0277. The van der Waals surface area contributed by atoms with Gasteiger partial charge in [-0.25, -0.2) is 0 Å².